The Bertz CT molecular complexity index is 617. The molecule has 5 heteroatoms. The van der Waals surface area contributed by atoms with Crippen LogP contribution in [-0.4, -0.2) is 65.7 Å². The Morgan fingerprint density at radius 1 is 1.24 bits per heavy atom. The first-order chi connectivity index (χ1) is 11.9. The summed E-state index contributed by atoms with van der Waals surface area (Å²) in [7, 11) is 0. The maximum absolute atomic E-state index is 13.2. The van der Waals surface area contributed by atoms with Gasteiger partial charge in [0, 0.05) is 49.7 Å². The summed E-state index contributed by atoms with van der Waals surface area (Å²) in [6.07, 6.45) is 1.12. The van der Waals surface area contributed by atoms with Crippen molar-refractivity contribution in [3.63, 3.8) is 0 Å². The zero-order valence-corrected chi connectivity index (χ0v) is 16.4. The maximum atomic E-state index is 13.2. The second-order valence-corrected chi connectivity index (χ2v) is 7.84. The number of morpholine rings is 1. The fourth-order valence-electron chi connectivity index (χ4n) is 4.70. The van der Waals surface area contributed by atoms with Gasteiger partial charge >= 0.3 is 0 Å². The number of hydrogen-bond donors (Lipinski definition) is 0. The SMILES string of the molecule is CCC1CN(C(=O)c2cc(C)n(C(C)C)c2C)CC1N1CCOCC1. The van der Waals surface area contributed by atoms with Crippen LogP contribution in [0.15, 0.2) is 6.07 Å². The maximum Gasteiger partial charge on any atom is 0.255 e. The van der Waals surface area contributed by atoms with Crippen molar-refractivity contribution in [2.45, 2.75) is 53.1 Å². The normalized spacial score (nSPS) is 25.1. The van der Waals surface area contributed by atoms with E-state index in [9.17, 15) is 4.79 Å². The van der Waals surface area contributed by atoms with Gasteiger partial charge in [-0.3, -0.25) is 9.69 Å². The molecule has 2 unspecified atom stereocenters. The van der Waals surface area contributed by atoms with Gasteiger partial charge in [0.25, 0.3) is 5.91 Å². The monoisotopic (exact) mass is 347 g/mol. The third-order valence-corrected chi connectivity index (χ3v) is 5.96. The highest BCUT2D eigenvalue weighted by atomic mass is 16.5. The summed E-state index contributed by atoms with van der Waals surface area (Å²) in [6.45, 7) is 16.1. The molecule has 0 saturated carbocycles. The van der Waals surface area contributed by atoms with Crippen molar-refractivity contribution < 1.29 is 9.53 Å². The van der Waals surface area contributed by atoms with Crippen LogP contribution in [0.1, 0.15) is 55.0 Å². The van der Waals surface area contributed by atoms with Crippen LogP contribution in [0.2, 0.25) is 0 Å². The minimum atomic E-state index is 0.203. The third kappa shape index (κ3) is 3.49. The number of amides is 1. The minimum Gasteiger partial charge on any atom is -0.379 e. The summed E-state index contributed by atoms with van der Waals surface area (Å²) in [4.78, 5) is 17.8. The molecule has 0 radical (unpaired) electrons. The lowest BCUT2D eigenvalue weighted by Crippen LogP contribution is -2.47. The molecule has 2 atom stereocenters. The van der Waals surface area contributed by atoms with Gasteiger partial charge in [-0.2, -0.15) is 0 Å². The first-order valence-corrected chi connectivity index (χ1v) is 9.73. The van der Waals surface area contributed by atoms with Gasteiger partial charge in [0.2, 0.25) is 0 Å². The topological polar surface area (TPSA) is 37.7 Å². The molecule has 3 heterocycles. The molecule has 2 fully saturated rings. The molecular weight excluding hydrogens is 314 g/mol. The van der Waals surface area contributed by atoms with Crippen molar-refractivity contribution in [1.29, 1.82) is 0 Å². The lowest BCUT2D eigenvalue weighted by Gasteiger charge is -2.34. The summed E-state index contributed by atoms with van der Waals surface area (Å²) in [5, 5.41) is 0. The molecule has 0 aliphatic carbocycles. The van der Waals surface area contributed by atoms with Crippen LogP contribution in [0.5, 0.6) is 0 Å². The first-order valence-electron chi connectivity index (χ1n) is 9.73. The molecule has 0 bridgehead atoms. The van der Waals surface area contributed by atoms with Gasteiger partial charge in [-0.1, -0.05) is 13.3 Å². The van der Waals surface area contributed by atoms with Gasteiger partial charge in [0.05, 0.1) is 18.8 Å². The molecule has 0 spiro atoms. The Hall–Kier alpha value is -1.33. The number of ether oxygens (including phenoxy) is 1. The van der Waals surface area contributed by atoms with E-state index < -0.39 is 0 Å². The molecule has 5 nitrogen and oxygen atoms in total. The second kappa shape index (κ2) is 7.50. The number of aromatic nitrogens is 1. The zero-order valence-electron chi connectivity index (χ0n) is 16.4. The Morgan fingerprint density at radius 3 is 2.48 bits per heavy atom. The Kier molecular flexibility index (Phi) is 5.54. The number of hydrogen-bond acceptors (Lipinski definition) is 3. The van der Waals surface area contributed by atoms with Gasteiger partial charge < -0.3 is 14.2 Å². The summed E-state index contributed by atoms with van der Waals surface area (Å²) in [6, 6.07) is 2.93. The number of carbonyl (C=O) groups is 1. The van der Waals surface area contributed by atoms with Crippen molar-refractivity contribution in [1.82, 2.24) is 14.4 Å². The second-order valence-electron chi connectivity index (χ2n) is 7.84. The molecule has 1 aromatic rings. The fourth-order valence-corrected chi connectivity index (χ4v) is 4.70. The van der Waals surface area contributed by atoms with E-state index >= 15 is 0 Å². The molecule has 2 aliphatic heterocycles. The molecule has 3 rings (SSSR count). The van der Waals surface area contributed by atoms with Gasteiger partial charge in [-0.15, -0.1) is 0 Å². The molecule has 2 aliphatic rings. The molecule has 140 valence electrons. The molecule has 0 N–H and O–H groups in total. The average Bonchev–Trinajstić information content (AvgIpc) is 3.16. The van der Waals surface area contributed by atoms with E-state index in [4.69, 9.17) is 4.74 Å². The number of likely N-dealkylation sites (tertiary alicyclic amines) is 1. The largest absolute Gasteiger partial charge is 0.379 e. The molecular formula is C20H33N3O2. The average molecular weight is 348 g/mol. The van der Waals surface area contributed by atoms with Gasteiger partial charge in [-0.25, -0.2) is 0 Å². The lowest BCUT2D eigenvalue weighted by molar-refractivity contribution is 0.0103. The van der Waals surface area contributed by atoms with Crippen LogP contribution < -0.4 is 0 Å². The molecule has 0 aromatic carbocycles. The molecule has 25 heavy (non-hydrogen) atoms. The quantitative estimate of drug-likeness (QED) is 0.840. The van der Waals surface area contributed by atoms with Crippen molar-refractivity contribution in [2.75, 3.05) is 39.4 Å². The number of aryl methyl sites for hydroxylation is 1. The standard InChI is InChI=1S/C20H33N3O2/c1-6-17-12-22(13-19(17)21-7-9-25-10-8-21)20(24)18-11-15(4)23(14(2)3)16(18)5/h11,14,17,19H,6-10,12-13H2,1-5H3. The van der Waals surface area contributed by atoms with Crippen LogP contribution in [0.25, 0.3) is 0 Å². The van der Waals surface area contributed by atoms with Crippen LogP contribution in [0.4, 0.5) is 0 Å². The summed E-state index contributed by atoms with van der Waals surface area (Å²) >= 11 is 0. The van der Waals surface area contributed by atoms with E-state index in [0.717, 1.165) is 57.1 Å². The smallest absolute Gasteiger partial charge is 0.255 e. The van der Waals surface area contributed by atoms with E-state index in [-0.39, 0.29) is 5.91 Å². The van der Waals surface area contributed by atoms with Gasteiger partial charge in [0.1, 0.15) is 0 Å². The predicted octanol–water partition coefficient (Wildman–Crippen LogP) is 2.87. The van der Waals surface area contributed by atoms with Gasteiger partial charge in [0.15, 0.2) is 0 Å². The highest BCUT2D eigenvalue weighted by Crippen LogP contribution is 2.29. The van der Waals surface area contributed by atoms with Crippen molar-refractivity contribution in [2.24, 2.45) is 5.92 Å². The number of nitrogens with zero attached hydrogens (tertiary/aromatic N) is 3. The molecule has 2 saturated heterocycles. The van der Waals surface area contributed by atoms with Crippen molar-refractivity contribution in [3.8, 4) is 0 Å². The highest BCUT2D eigenvalue weighted by molar-refractivity contribution is 5.96. The van der Waals surface area contributed by atoms with Crippen LogP contribution in [0.3, 0.4) is 0 Å². The fraction of sp³-hybridized carbons (Fsp3) is 0.750. The van der Waals surface area contributed by atoms with E-state index in [0.29, 0.717) is 18.0 Å². The summed E-state index contributed by atoms with van der Waals surface area (Å²) in [5.74, 6) is 0.768. The predicted molar refractivity (Wildman–Crippen MR) is 100 cm³/mol. The first kappa shape index (κ1) is 18.5. The van der Waals surface area contributed by atoms with Crippen LogP contribution in [-0.2, 0) is 4.74 Å². The zero-order chi connectivity index (χ0) is 18.1. The Morgan fingerprint density at radius 2 is 1.92 bits per heavy atom. The van der Waals surface area contributed by atoms with Gasteiger partial charge in [-0.05, 0) is 39.7 Å². The van der Waals surface area contributed by atoms with Crippen molar-refractivity contribution in [3.05, 3.63) is 23.0 Å². The number of rotatable bonds is 4. The van der Waals surface area contributed by atoms with E-state index in [2.05, 4.69) is 55.1 Å². The van der Waals surface area contributed by atoms with Crippen LogP contribution in [0, 0.1) is 19.8 Å². The lowest BCUT2D eigenvalue weighted by atomic mass is 9.99. The van der Waals surface area contributed by atoms with E-state index in [1.165, 1.54) is 5.69 Å². The Labute approximate surface area is 151 Å². The van der Waals surface area contributed by atoms with Crippen molar-refractivity contribution >= 4 is 5.91 Å². The van der Waals surface area contributed by atoms with E-state index in [1.807, 2.05) is 0 Å². The summed E-state index contributed by atoms with van der Waals surface area (Å²) in [5.41, 5.74) is 3.15. The highest BCUT2D eigenvalue weighted by Gasteiger charge is 2.38. The summed E-state index contributed by atoms with van der Waals surface area (Å²) < 4.78 is 7.76. The molecule has 1 amide bonds. The number of carbonyl (C=O) groups excluding carboxylic acids is 1. The minimum absolute atomic E-state index is 0.203. The Balaban J connectivity index is 1.78. The third-order valence-electron chi connectivity index (χ3n) is 5.96. The van der Waals surface area contributed by atoms with Crippen LogP contribution >= 0.6 is 0 Å². The van der Waals surface area contributed by atoms with E-state index in [1.54, 1.807) is 0 Å². The molecule has 1 aromatic heterocycles.